The summed E-state index contributed by atoms with van der Waals surface area (Å²) in [7, 11) is 0.353. The molecule has 116 valence electrons. The highest BCUT2D eigenvalue weighted by Crippen LogP contribution is 2.26. The number of rotatable bonds is 5. The van der Waals surface area contributed by atoms with Gasteiger partial charge in [-0.15, -0.1) is 0 Å². The summed E-state index contributed by atoms with van der Waals surface area (Å²) in [4.78, 5) is 13.7. The Balaban J connectivity index is 2.33. The van der Waals surface area contributed by atoms with E-state index in [1.807, 2.05) is 19.0 Å². The first-order valence-corrected chi connectivity index (χ1v) is 8.54. The number of ketones is 1. The maximum atomic E-state index is 12.8. The first-order valence-electron chi connectivity index (χ1n) is 7.10. The highest BCUT2D eigenvalue weighted by molar-refractivity contribution is 7.89. The van der Waals surface area contributed by atoms with Crippen molar-refractivity contribution < 1.29 is 13.2 Å². The number of hydrogen-bond donors (Lipinski definition) is 0. The fourth-order valence-corrected chi connectivity index (χ4v) is 4.47. The van der Waals surface area contributed by atoms with E-state index in [1.54, 1.807) is 22.5 Å². The van der Waals surface area contributed by atoms with E-state index in [0.29, 0.717) is 18.7 Å². The molecule has 1 atom stereocenters. The number of Topliss-reactive ketones (excluding diaryl/α,β-unsaturated/α-hetero) is 1. The van der Waals surface area contributed by atoms with E-state index in [1.165, 1.54) is 13.0 Å². The van der Waals surface area contributed by atoms with Crippen molar-refractivity contribution in [2.24, 2.45) is 0 Å². The highest BCUT2D eigenvalue weighted by Gasteiger charge is 2.35. The Morgan fingerprint density at radius 2 is 2.10 bits per heavy atom. The van der Waals surface area contributed by atoms with Crippen LogP contribution in [0.25, 0.3) is 0 Å². The molecular weight excluding hydrogens is 288 g/mol. The second-order valence-electron chi connectivity index (χ2n) is 5.76. The van der Waals surface area contributed by atoms with Crippen LogP contribution in [0, 0.1) is 0 Å². The van der Waals surface area contributed by atoms with Gasteiger partial charge in [-0.3, -0.25) is 4.79 Å². The van der Waals surface area contributed by atoms with E-state index in [-0.39, 0.29) is 16.7 Å². The molecule has 5 nitrogen and oxygen atoms in total. The molecule has 1 unspecified atom stereocenters. The second kappa shape index (κ2) is 6.25. The molecular formula is C15H22N2O3S. The van der Waals surface area contributed by atoms with Gasteiger partial charge in [0.15, 0.2) is 5.78 Å². The van der Waals surface area contributed by atoms with E-state index in [2.05, 4.69) is 0 Å². The van der Waals surface area contributed by atoms with Gasteiger partial charge in [-0.1, -0.05) is 12.1 Å². The van der Waals surface area contributed by atoms with E-state index in [9.17, 15) is 13.2 Å². The topological polar surface area (TPSA) is 57.7 Å². The van der Waals surface area contributed by atoms with Gasteiger partial charge in [-0.05, 0) is 46.0 Å². The zero-order valence-electron chi connectivity index (χ0n) is 12.7. The molecule has 0 N–H and O–H groups in total. The zero-order chi connectivity index (χ0) is 15.6. The molecule has 1 aliphatic rings. The van der Waals surface area contributed by atoms with Crippen molar-refractivity contribution >= 4 is 15.8 Å². The summed E-state index contributed by atoms with van der Waals surface area (Å²) in [5, 5.41) is 0. The molecule has 0 aromatic heterocycles. The number of benzene rings is 1. The third-order valence-electron chi connectivity index (χ3n) is 3.75. The van der Waals surface area contributed by atoms with Crippen LogP contribution in [0.5, 0.6) is 0 Å². The second-order valence-corrected chi connectivity index (χ2v) is 7.65. The number of nitrogens with zero attached hydrogens (tertiary/aromatic N) is 2. The van der Waals surface area contributed by atoms with Gasteiger partial charge in [-0.2, -0.15) is 4.31 Å². The minimum atomic E-state index is -3.54. The Hall–Kier alpha value is -1.24. The molecule has 6 heteroatoms. The summed E-state index contributed by atoms with van der Waals surface area (Å²) in [5.41, 5.74) is 0.430. The Bertz CT molecular complexity index is 626. The summed E-state index contributed by atoms with van der Waals surface area (Å²) < 4.78 is 27.2. The predicted molar refractivity (Wildman–Crippen MR) is 81.9 cm³/mol. The smallest absolute Gasteiger partial charge is 0.243 e. The quantitative estimate of drug-likeness (QED) is 0.775. The van der Waals surface area contributed by atoms with Gasteiger partial charge < -0.3 is 4.90 Å². The minimum Gasteiger partial charge on any atom is -0.308 e. The van der Waals surface area contributed by atoms with Crippen molar-refractivity contribution in [1.82, 2.24) is 9.21 Å². The first kappa shape index (κ1) is 16.1. The lowest BCUT2D eigenvalue weighted by Gasteiger charge is -2.26. The normalized spacial score (nSPS) is 20.1. The molecule has 1 aliphatic heterocycles. The van der Waals surface area contributed by atoms with E-state index in [0.717, 1.165) is 12.8 Å². The van der Waals surface area contributed by atoms with E-state index in [4.69, 9.17) is 0 Å². The van der Waals surface area contributed by atoms with Crippen LogP contribution in [0.15, 0.2) is 29.2 Å². The van der Waals surface area contributed by atoms with Gasteiger partial charge in [-0.25, -0.2) is 8.42 Å². The number of likely N-dealkylation sites (N-methyl/N-ethyl adjacent to an activating group) is 1. The van der Waals surface area contributed by atoms with Crippen molar-refractivity contribution in [3.05, 3.63) is 29.8 Å². The van der Waals surface area contributed by atoms with Gasteiger partial charge in [0, 0.05) is 24.7 Å². The minimum absolute atomic E-state index is 0.00554. The maximum Gasteiger partial charge on any atom is 0.243 e. The van der Waals surface area contributed by atoms with Crippen LogP contribution < -0.4 is 0 Å². The van der Waals surface area contributed by atoms with Crippen LogP contribution >= 0.6 is 0 Å². The van der Waals surface area contributed by atoms with Crippen LogP contribution in [0.1, 0.15) is 30.1 Å². The molecule has 0 amide bonds. The summed E-state index contributed by atoms with van der Waals surface area (Å²) in [6.45, 7) is 2.70. The summed E-state index contributed by atoms with van der Waals surface area (Å²) in [6, 6.07) is 6.31. The van der Waals surface area contributed by atoms with Crippen LogP contribution in [-0.2, 0) is 10.0 Å². The molecule has 21 heavy (non-hydrogen) atoms. The van der Waals surface area contributed by atoms with Crippen molar-refractivity contribution in [3.63, 3.8) is 0 Å². The lowest BCUT2D eigenvalue weighted by molar-refractivity contribution is 0.101. The van der Waals surface area contributed by atoms with Crippen LogP contribution in [-0.4, -0.2) is 56.6 Å². The van der Waals surface area contributed by atoms with Crippen molar-refractivity contribution in [2.45, 2.75) is 30.7 Å². The molecule has 1 saturated heterocycles. The van der Waals surface area contributed by atoms with E-state index >= 15 is 0 Å². The average molecular weight is 310 g/mol. The van der Waals surface area contributed by atoms with Crippen LogP contribution in [0.2, 0.25) is 0 Å². The summed E-state index contributed by atoms with van der Waals surface area (Å²) in [6.07, 6.45) is 1.76. The Morgan fingerprint density at radius 3 is 2.71 bits per heavy atom. The lowest BCUT2D eigenvalue weighted by atomic mass is 10.2. The Kier molecular flexibility index (Phi) is 4.81. The lowest BCUT2D eigenvalue weighted by Crippen LogP contribution is -2.41. The summed E-state index contributed by atoms with van der Waals surface area (Å²) in [5.74, 6) is -0.127. The molecule has 1 heterocycles. The van der Waals surface area contributed by atoms with Gasteiger partial charge in [0.25, 0.3) is 0 Å². The van der Waals surface area contributed by atoms with Gasteiger partial charge in [0.05, 0.1) is 4.90 Å². The molecule has 0 radical (unpaired) electrons. The summed E-state index contributed by atoms with van der Waals surface area (Å²) >= 11 is 0. The Labute approximate surface area is 126 Å². The monoisotopic (exact) mass is 310 g/mol. The molecule has 0 saturated carbocycles. The number of carbonyl (C=O) groups excluding carboxylic acids is 1. The maximum absolute atomic E-state index is 12.8. The van der Waals surface area contributed by atoms with Gasteiger partial charge >= 0.3 is 0 Å². The van der Waals surface area contributed by atoms with Crippen LogP contribution in [0.3, 0.4) is 0 Å². The third-order valence-corrected chi connectivity index (χ3v) is 5.69. The SMILES string of the molecule is CC(=O)c1cccc(S(=O)(=O)N2CCCC2CN(C)C)c1. The largest absolute Gasteiger partial charge is 0.308 e. The zero-order valence-corrected chi connectivity index (χ0v) is 13.6. The standard InChI is InChI=1S/C15H22N2O3S/c1-12(18)13-6-4-8-15(10-13)21(19,20)17-9-5-7-14(17)11-16(2)3/h4,6,8,10,14H,5,7,9,11H2,1-3H3. The molecule has 1 fully saturated rings. The fourth-order valence-electron chi connectivity index (χ4n) is 2.74. The molecule has 0 spiro atoms. The number of hydrogen-bond acceptors (Lipinski definition) is 4. The molecule has 0 bridgehead atoms. The first-order chi connectivity index (χ1) is 9.82. The number of sulfonamides is 1. The van der Waals surface area contributed by atoms with Crippen molar-refractivity contribution in [2.75, 3.05) is 27.2 Å². The van der Waals surface area contributed by atoms with Gasteiger partial charge in [0.1, 0.15) is 0 Å². The predicted octanol–water partition coefficient (Wildman–Crippen LogP) is 1.60. The third kappa shape index (κ3) is 3.51. The van der Waals surface area contributed by atoms with Crippen molar-refractivity contribution in [1.29, 1.82) is 0 Å². The Morgan fingerprint density at radius 1 is 1.38 bits per heavy atom. The fraction of sp³-hybridized carbons (Fsp3) is 0.533. The van der Waals surface area contributed by atoms with Gasteiger partial charge in [0.2, 0.25) is 10.0 Å². The number of carbonyl (C=O) groups is 1. The molecule has 2 rings (SSSR count). The van der Waals surface area contributed by atoms with Crippen LogP contribution in [0.4, 0.5) is 0 Å². The van der Waals surface area contributed by atoms with Crippen molar-refractivity contribution in [3.8, 4) is 0 Å². The molecule has 0 aliphatic carbocycles. The van der Waals surface area contributed by atoms with E-state index < -0.39 is 10.0 Å². The highest BCUT2D eigenvalue weighted by atomic mass is 32.2. The molecule has 1 aromatic rings. The molecule has 1 aromatic carbocycles. The average Bonchev–Trinajstić information content (AvgIpc) is 2.86.